The van der Waals surface area contributed by atoms with Crippen molar-refractivity contribution in [2.24, 2.45) is 5.10 Å². The molecular formula is C25H21ClFN3O3. The van der Waals surface area contributed by atoms with Crippen LogP contribution in [0.5, 0.6) is 11.5 Å². The third-order valence-electron chi connectivity index (χ3n) is 4.61. The van der Waals surface area contributed by atoms with Gasteiger partial charge in [0.1, 0.15) is 12.4 Å². The van der Waals surface area contributed by atoms with Gasteiger partial charge in [0, 0.05) is 5.56 Å². The number of carbonyl (C=O) groups excluding carboxylic acids is 1. The van der Waals surface area contributed by atoms with Crippen LogP contribution in [-0.4, -0.2) is 18.7 Å². The maximum absolute atomic E-state index is 14.0. The summed E-state index contributed by atoms with van der Waals surface area (Å²) in [5.41, 5.74) is 3.85. The molecule has 1 amide bonds. The lowest BCUT2D eigenvalue weighted by molar-refractivity contribution is -0.121. The van der Waals surface area contributed by atoms with Crippen molar-refractivity contribution in [1.82, 2.24) is 5.43 Å². The average Bonchev–Trinajstić information content (AvgIpc) is 2.81. The number of amides is 1. The molecule has 168 valence electrons. The maximum atomic E-state index is 14.0. The molecule has 0 heterocycles. The minimum Gasteiger partial charge on any atom is -0.490 e. The summed E-state index contributed by atoms with van der Waals surface area (Å²) in [7, 11) is 0. The van der Waals surface area contributed by atoms with Crippen LogP contribution in [0.3, 0.4) is 0 Å². The first-order chi connectivity index (χ1) is 16.0. The third kappa shape index (κ3) is 6.31. The van der Waals surface area contributed by atoms with Crippen molar-refractivity contribution in [1.29, 1.82) is 5.26 Å². The fraction of sp³-hybridized carbons (Fsp3) is 0.160. The van der Waals surface area contributed by atoms with E-state index in [1.807, 2.05) is 19.1 Å². The summed E-state index contributed by atoms with van der Waals surface area (Å²) < 4.78 is 25.3. The molecule has 0 radical (unpaired) electrons. The van der Waals surface area contributed by atoms with Crippen LogP contribution in [0.2, 0.25) is 5.02 Å². The fourth-order valence-electron chi connectivity index (χ4n) is 2.98. The lowest BCUT2D eigenvalue weighted by Crippen LogP contribution is -2.24. The molecule has 0 aliphatic heterocycles. The topological polar surface area (TPSA) is 83.7 Å². The molecule has 1 N–H and O–H groups in total. The molecule has 0 aliphatic rings. The van der Waals surface area contributed by atoms with Gasteiger partial charge < -0.3 is 9.47 Å². The predicted molar refractivity (Wildman–Crippen MR) is 124 cm³/mol. The Kier molecular flexibility index (Phi) is 8.39. The van der Waals surface area contributed by atoms with E-state index in [0.29, 0.717) is 29.2 Å². The molecule has 0 unspecified atom stereocenters. The van der Waals surface area contributed by atoms with Gasteiger partial charge in [-0.1, -0.05) is 48.0 Å². The molecule has 1 atom stereocenters. The molecule has 6 nitrogen and oxygen atoms in total. The summed E-state index contributed by atoms with van der Waals surface area (Å²) in [5, 5.41) is 13.6. The first-order valence-corrected chi connectivity index (χ1v) is 10.5. The SMILES string of the molecule is CCOc1cc(/C=N\NC(=O)[C@H](C#N)c2ccccc2)ccc1OCc1c(F)cccc1Cl. The molecule has 0 spiro atoms. The highest BCUT2D eigenvalue weighted by atomic mass is 35.5. The number of hydrazone groups is 1. The van der Waals surface area contributed by atoms with E-state index in [-0.39, 0.29) is 17.2 Å². The van der Waals surface area contributed by atoms with E-state index in [2.05, 4.69) is 10.5 Å². The Hall–Kier alpha value is -3.89. The highest BCUT2D eigenvalue weighted by Crippen LogP contribution is 2.30. The lowest BCUT2D eigenvalue weighted by Gasteiger charge is -2.13. The van der Waals surface area contributed by atoms with Crippen LogP contribution >= 0.6 is 11.6 Å². The molecule has 3 aromatic carbocycles. The number of ether oxygens (including phenoxy) is 2. The zero-order chi connectivity index (χ0) is 23.6. The normalized spacial score (nSPS) is 11.6. The number of nitrogens with zero attached hydrogens (tertiary/aromatic N) is 2. The summed E-state index contributed by atoms with van der Waals surface area (Å²) in [4.78, 5) is 12.3. The number of carbonyl (C=O) groups is 1. The monoisotopic (exact) mass is 465 g/mol. The van der Waals surface area contributed by atoms with Crippen molar-refractivity contribution in [2.75, 3.05) is 6.61 Å². The van der Waals surface area contributed by atoms with E-state index in [1.165, 1.54) is 18.3 Å². The van der Waals surface area contributed by atoms with Crippen molar-refractivity contribution >= 4 is 23.7 Å². The molecule has 0 saturated carbocycles. The van der Waals surface area contributed by atoms with E-state index in [4.69, 9.17) is 21.1 Å². The van der Waals surface area contributed by atoms with Crippen LogP contribution in [-0.2, 0) is 11.4 Å². The van der Waals surface area contributed by atoms with Gasteiger partial charge in [-0.3, -0.25) is 4.79 Å². The second-order valence-corrected chi connectivity index (χ2v) is 7.24. The molecule has 0 aliphatic carbocycles. The number of benzene rings is 3. The van der Waals surface area contributed by atoms with Crippen molar-refractivity contribution < 1.29 is 18.7 Å². The van der Waals surface area contributed by atoms with Crippen molar-refractivity contribution in [3.8, 4) is 17.6 Å². The van der Waals surface area contributed by atoms with Gasteiger partial charge in [-0.15, -0.1) is 0 Å². The zero-order valence-electron chi connectivity index (χ0n) is 17.8. The molecule has 0 saturated heterocycles. The number of nitrogens with one attached hydrogen (secondary N) is 1. The second kappa shape index (κ2) is 11.7. The Morgan fingerprint density at radius 3 is 2.64 bits per heavy atom. The highest BCUT2D eigenvalue weighted by molar-refractivity contribution is 6.31. The molecule has 0 bridgehead atoms. The van der Waals surface area contributed by atoms with Gasteiger partial charge in [0.05, 0.1) is 23.9 Å². The number of nitriles is 1. The quantitative estimate of drug-likeness (QED) is 0.347. The number of hydrogen-bond donors (Lipinski definition) is 1. The largest absolute Gasteiger partial charge is 0.490 e. The molecule has 3 aromatic rings. The smallest absolute Gasteiger partial charge is 0.261 e. The Morgan fingerprint density at radius 2 is 1.94 bits per heavy atom. The van der Waals surface area contributed by atoms with Gasteiger partial charge in [0.2, 0.25) is 0 Å². The summed E-state index contributed by atoms with van der Waals surface area (Å²) in [6.07, 6.45) is 1.43. The van der Waals surface area contributed by atoms with Gasteiger partial charge in [-0.2, -0.15) is 10.4 Å². The van der Waals surface area contributed by atoms with Crippen LogP contribution in [0, 0.1) is 17.1 Å². The molecular weight excluding hydrogens is 445 g/mol. The zero-order valence-corrected chi connectivity index (χ0v) is 18.6. The average molecular weight is 466 g/mol. The first kappa shape index (κ1) is 23.8. The summed E-state index contributed by atoms with van der Waals surface area (Å²) >= 11 is 6.05. The van der Waals surface area contributed by atoms with E-state index in [9.17, 15) is 14.4 Å². The van der Waals surface area contributed by atoms with Crippen molar-refractivity contribution in [3.63, 3.8) is 0 Å². The number of rotatable bonds is 9. The Morgan fingerprint density at radius 1 is 1.15 bits per heavy atom. The van der Waals surface area contributed by atoms with Gasteiger partial charge in [-0.25, -0.2) is 9.82 Å². The van der Waals surface area contributed by atoms with Gasteiger partial charge in [0.25, 0.3) is 5.91 Å². The summed E-state index contributed by atoms with van der Waals surface area (Å²) in [5.74, 6) is -1.12. The minimum atomic E-state index is -0.969. The van der Waals surface area contributed by atoms with Gasteiger partial charge >= 0.3 is 0 Å². The van der Waals surface area contributed by atoms with Gasteiger partial charge in [0.15, 0.2) is 17.4 Å². The molecule has 8 heteroatoms. The second-order valence-electron chi connectivity index (χ2n) is 6.84. The van der Waals surface area contributed by atoms with Crippen LogP contribution in [0.15, 0.2) is 71.8 Å². The van der Waals surface area contributed by atoms with Crippen LogP contribution in [0.4, 0.5) is 4.39 Å². The lowest BCUT2D eigenvalue weighted by atomic mass is 10.0. The number of halogens is 2. The summed E-state index contributed by atoms with van der Waals surface area (Å²) in [6, 6.07) is 20.2. The Balaban J connectivity index is 1.69. The maximum Gasteiger partial charge on any atom is 0.261 e. The Labute approximate surface area is 196 Å². The fourth-order valence-corrected chi connectivity index (χ4v) is 3.20. The number of hydrogen-bond acceptors (Lipinski definition) is 5. The minimum absolute atomic E-state index is 0.0654. The van der Waals surface area contributed by atoms with Crippen molar-refractivity contribution in [2.45, 2.75) is 19.4 Å². The standard InChI is InChI=1S/C25H21ClFN3O3/c1-2-32-24-13-17(11-12-23(24)33-16-20-21(26)9-6-10-22(20)27)15-29-30-25(31)19(14-28)18-7-4-3-5-8-18/h3-13,15,19H,2,16H2,1H3,(H,30,31)/b29-15-/t19-/m1/s1. The molecule has 3 rings (SSSR count). The molecule has 33 heavy (non-hydrogen) atoms. The van der Waals surface area contributed by atoms with E-state index < -0.39 is 17.6 Å². The van der Waals surface area contributed by atoms with E-state index >= 15 is 0 Å². The molecule has 0 fully saturated rings. The predicted octanol–water partition coefficient (Wildman–Crippen LogP) is 5.21. The van der Waals surface area contributed by atoms with Crippen LogP contribution < -0.4 is 14.9 Å². The first-order valence-electron chi connectivity index (χ1n) is 10.1. The van der Waals surface area contributed by atoms with Gasteiger partial charge in [-0.05, 0) is 48.4 Å². The van der Waals surface area contributed by atoms with Crippen LogP contribution in [0.25, 0.3) is 0 Å². The molecule has 0 aromatic heterocycles. The summed E-state index contributed by atoms with van der Waals surface area (Å²) in [6.45, 7) is 2.14. The Bertz CT molecular complexity index is 1160. The third-order valence-corrected chi connectivity index (χ3v) is 4.97. The van der Waals surface area contributed by atoms with E-state index in [0.717, 1.165) is 0 Å². The highest BCUT2D eigenvalue weighted by Gasteiger charge is 2.19. The van der Waals surface area contributed by atoms with Crippen molar-refractivity contribution in [3.05, 3.63) is 94.3 Å². The van der Waals surface area contributed by atoms with E-state index in [1.54, 1.807) is 48.5 Å². The van der Waals surface area contributed by atoms with Crippen LogP contribution in [0.1, 0.15) is 29.5 Å².